The number of fused-ring (bicyclic) bond motifs is 3. The molecule has 1 aliphatic carbocycles. The average molecular weight is 577 g/mol. The van der Waals surface area contributed by atoms with Gasteiger partial charge in [-0.25, -0.2) is 0 Å². The molecule has 0 unspecified atom stereocenters. The summed E-state index contributed by atoms with van der Waals surface area (Å²) in [5.41, 5.74) is 2.07. The summed E-state index contributed by atoms with van der Waals surface area (Å²) in [6.45, 7) is -0.507. The van der Waals surface area contributed by atoms with Crippen molar-refractivity contribution in [3.63, 3.8) is 0 Å². The van der Waals surface area contributed by atoms with E-state index in [2.05, 4.69) is 0 Å². The minimum Gasteiger partial charge on any atom is -0.493 e. The second-order valence-corrected chi connectivity index (χ2v) is 10.4. The molecule has 2 aromatic rings. The van der Waals surface area contributed by atoms with Crippen molar-refractivity contribution in [2.24, 2.45) is 11.8 Å². The van der Waals surface area contributed by atoms with Crippen LogP contribution in [0.1, 0.15) is 22.6 Å². The third-order valence-electron chi connectivity index (χ3n) is 8.27. The standard InChI is InChI=1S/C28H32O13/c1-34-15-5-11(6-16(35-2)25(15)36-3)19-13-7-17-26(39-10-38-17)24(14(13)4-12-9-37-27(33)20(12)19)41-28-23(32)22(31)21(30)18(8-29)40-28/h5-7,12,18-23,28-32H,4,8-10H2,1-3H3/t12-,18+,19+,20-,21+,22-,23+,28-/m1/s1. The number of carbonyl (C=O) groups is 1. The predicted octanol–water partition coefficient (Wildman–Crippen LogP) is 0.0970. The Hall–Kier alpha value is -3.49. The number of hydrogen-bond acceptors (Lipinski definition) is 13. The molecule has 0 aromatic heterocycles. The lowest BCUT2D eigenvalue weighted by Gasteiger charge is -2.40. The van der Waals surface area contributed by atoms with Crippen molar-refractivity contribution in [3.05, 3.63) is 34.9 Å². The first kappa shape index (κ1) is 27.7. The molecule has 4 N–H and O–H groups in total. The highest BCUT2D eigenvalue weighted by Gasteiger charge is 2.51. The Morgan fingerprint density at radius 2 is 1.63 bits per heavy atom. The van der Waals surface area contributed by atoms with Gasteiger partial charge >= 0.3 is 5.97 Å². The summed E-state index contributed by atoms with van der Waals surface area (Å²) in [6, 6.07) is 5.37. The van der Waals surface area contributed by atoms with E-state index in [-0.39, 0.29) is 36.8 Å². The van der Waals surface area contributed by atoms with Crippen LogP contribution >= 0.6 is 0 Å². The molecule has 3 aliphatic heterocycles. The minimum absolute atomic E-state index is 0.0903. The van der Waals surface area contributed by atoms with E-state index in [1.54, 1.807) is 18.2 Å². The van der Waals surface area contributed by atoms with Crippen LogP contribution in [0.2, 0.25) is 0 Å². The van der Waals surface area contributed by atoms with Crippen molar-refractivity contribution in [3.8, 4) is 34.5 Å². The third-order valence-corrected chi connectivity index (χ3v) is 8.27. The number of carbonyl (C=O) groups excluding carboxylic acids is 1. The van der Waals surface area contributed by atoms with Crippen LogP contribution < -0.4 is 28.4 Å². The Bertz CT molecular complexity index is 1300. The molecule has 0 saturated carbocycles. The molecule has 2 aromatic carbocycles. The second-order valence-electron chi connectivity index (χ2n) is 10.4. The maximum atomic E-state index is 13.1. The molecule has 6 rings (SSSR count). The van der Waals surface area contributed by atoms with Gasteiger partial charge < -0.3 is 58.3 Å². The van der Waals surface area contributed by atoms with Gasteiger partial charge in [0.25, 0.3) is 0 Å². The highest BCUT2D eigenvalue weighted by Crippen LogP contribution is 2.56. The fraction of sp³-hybridized carbons (Fsp3) is 0.536. The molecular weight excluding hydrogens is 544 g/mol. The van der Waals surface area contributed by atoms with Gasteiger partial charge in [0, 0.05) is 17.4 Å². The topological polar surface area (TPSA) is 172 Å². The fourth-order valence-electron chi connectivity index (χ4n) is 6.26. The molecule has 8 atom stereocenters. The second kappa shape index (κ2) is 10.7. The minimum atomic E-state index is -1.64. The SMILES string of the molecule is COc1cc([C@H]2c3cc4c(c(O[C@H]5O[C@@H](CO)[C@H](O)[C@@H](O)[C@@H]5O)c3C[C@@H]3COC(=O)[C@H]32)OCO4)cc(OC)c1OC. The summed E-state index contributed by atoms with van der Waals surface area (Å²) >= 11 is 0. The lowest BCUT2D eigenvalue weighted by atomic mass is 9.67. The van der Waals surface area contributed by atoms with Crippen LogP contribution in [0.5, 0.6) is 34.5 Å². The van der Waals surface area contributed by atoms with Gasteiger partial charge in [0.2, 0.25) is 24.6 Å². The van der Waals surface area contributed by atoms with Crippen molar-refractivity contribution in [2.75, 3.05) is 41.3 Å². The van der Waals surface area contributed by atoms with Crippen molar-refractivity contribution in [1.29, 1.82) is 0 Å². The van der Waals surface area contributed by atoms with E-state index in [1.165, 1.54) is 21.3 Å². The lowest BCUT2D eigenvalue weighted by Crippen LogP contribution is -2.60. The van der Waals surface area contributed by atoms with Gasteiger partial charge in [-0.05, 0) is 35.7 Å². The van der Waals surface area contributed by atoms with Gasteiger partial charge in [0.1, 0.15) is 24.4 Å². The van der Waals surface area contributed by atoms with Crippen molar-refractivity contribution in [1.82, 2.24) is 0 Å². The number of rotatable bonds is 7. The van der Waals surface area contributed by atoms with Gasteiger partial charge in [0.05, 0.1) is 40.5 Å². The smallest absolute Gasteiger partial charge is 0.310 e. The molecule has 13 nitrogen and oxygen atoms in total. The normalized spacial score (nSPS) is 31.6. The van der Waals surface area contributed by atoms with E-state index in [9.17, 15) is 25.2 Å². The highest BCUT2D eigenvalue weighted by atomic mass is 16.7. The summed E-state index contributed by atoms with van der Waals surface area (Å²) in [5, 5.41) is 40.9. The Balaban J connectivity index is 1.51. The van der Waals surface area contributed by atoms with E-state index in [0.29, 0.717) is 46.1 Å². The number of hydrogen-bond donors (Lipinski definition) is 4. The number of aliphatic hydroxyl groups excluding tert-OH is 4. The number of ether oxygens (including phenoxy) is 8. The van der Waals surface area contributed by atoms with Crippen LogP contribution in [0, 0.1) is 11.8 Å². The first-order valence-corrected chi connectivity index (χ1v) is 13.2. The molecule has 0 spiro atoms. The van der Waals surface area contributed by atoms with Gasteiger partial charge in [-0.2, -0.15) is 0 Å². The van der Waals surface area contributed by atoms with E-state index >= 15 is 0 Å². The number of aliphatic hydroxyl groups is 4. The number of benzene rings is 2. The first-order chi connectivity index (χ1) is 19.8. The fourth-order valence-corrected chi connectivity index (χ4v) is 6.26. The highest BCUT2D eigenvalue weighted by molar-refractivity contribution is 5.79. The largest absolute Gasteiger partial charge is 0.493 e. The molecule has 3 heterocycles. The summed E-state index contributed by atoms with van der Waals surface area (Å²) in [4.78, 5) is 13.1. The Labute approximate surface area is 235 Å². The molecule has 2 fully saturated rings. The molecule has 0 bridgehead atoms. The van der Waals surface area contributed by atoms with Crippen LogP contribution in [0.25, 0.3) is 0 Å². The van der Waals surface area contributed by atoms with Gasteiger partial charge in [-0.3, -0.25) is 4.79 Å². The monoisotopic (exact) mass is 576 g/mol. The molecular formula is C28H32O13. The molecule has 2 saturated heterocycles. The zero-order valence-corrected chi connectivity index (χ0v) is 22.6. The van der Waals surface area contributed by atoms with Crippen molar-refractivity contribution >= 4 is 5.97 Å². The summed E-state index contributed by atoms with van der Waals surface area (Å²) in [6.07, 6.45) is -7.06. The Morgan fingerprint density at radius 3 is 2.29 bits per heavy atom. The van der Waals surface area contributed by atoms with Crippen molar-refractivity contribution in [2.45, 2.75) is 43.0 Å². The van der Waals surface area contributed by atoms with E-state index in [0.717, 1.165) is 0 Å². The first-order valence-electron chi connectivity index (χ1n) is 13.2. The Kier molecular flexibility index (Phi) is 7.24. The van der Waals surface area contributed by atoms with Crippen LogP contribution in [-0.4, -0.2) is 98.4 Å². The lowest BCUT2D eigenvalue weighted by molar-refractivity contribution is -0.277. The van der Waals surface area contributed by atoms with Crippen LogP contribution in [-0.2, 0) is 20.7 Å². The summed E-state index contributed by atoms with van der Waals surface area (Å²) in [7, 11) is 4.52. The van der Waals surface area contributed by atoms with Gasteiger partial charge in [-0.1, -0.05) is 0 Å². The maximum absolute atomic E-state index is 13.1. The number of methoxy groups -OCH3 is 3. The third kappa shape index (κ3) is 4.39. The molecule has 0 radical (unpaired) electrons. The summed E-state index contributed by atoms with van der Waals surface area (Å²) in [5.74, 6) is 0.409. The molecule has 13 heteroatoms. The molecule has 0 amide bonds. The van der Waals surface area contributed by atoms with Gasteiger partial charge in [-0.15, -0.1) is 0 Å². The van der Waals surface area contributed by atoms with Gasteiger partial charge in [0.15, 0.2) is 23.0 Å². The number of cyclic esters (lactones) is 1. The van der Waals surface area contributed by atoms with Crippen LogP contribution in [0.15, 0.2) is 18.2 Å². The van der Waals surface area contributed by atoms with Crippen molar-refractivity contribution < 1.29 is 63.1 Å². The maximum Gasteiger partial charge on any atom is 0.310 e. The Morgan fingerprint density at radius 1 is 0.902 bits per heavy atom. The predicted molar refractivity (Wildman–Crippen MR) is 137 cm³/mol. The zero-order valence-electron chi connectivity index (χ0n) is 22.6. The van der Waals surface area contributed by atoms with E-state index in [4.69, 9.17) is 37.9 Å². The average Bonchev–Trinajstić information content (AvgIpc) is 3.61. The quantitative estimate of drug-likeness (QED) is 0.327. The molecule has 41 heavy (non-hydrogen) atoms. The van der Waals surface area contributed by atoms with Crippen LogP contribution in [0.3, 0.4) is 0 Å². The molecule has 4 aliphatic rings. The molecule has 222 valence electrons. The summed E-state index contributed by atoms with van der Waals surface area (Å²) < 4.78 is 45.5. The van der Waals surface area contributed by atoms with Crippen LogP contribution in [0.4, 0.5) is 0 Å². The van der Waals surface area contributed by atoms with E-state index in [1.807, 2.05) is 0 Å². The number of esters is 1. The van der Waals surface area contributed by atoms with E-state index < -0.39 is 49.1 Å². The zero-order chi connectivity index (χ0) is 29.0.